The van der Waals surface area contributed by atoms with E-state index in [4.69, 9.17) is 4.74 Å². The summed E-state index contributed by atoms with van der Waals surface area (Å²) in [6.45, 7) is 0.574. The largest absolute Gasteiger partial charge is 0.497 e. The van der Waals surface area contributed by atoms with Crippen molar-refractivity contribution < 1.29 is 19.2 Å². The van der Waals surface area contributed by atoms with Crippen LogP contribution in [-0.4, -0.2) is 29.9 Å². The van der Waals surface area contributed by atoms with Crippen LogP contribution in [0.1, 0.15) is 37.7 Å². The van der Waals surface area contributed by atoms with E-state index in [0.717, 1.165) is 46.0 Å². The first-order chi connectivity index (χ1) is 20.4. The molecule has 0 saturated heterocycles. The van der Waals surface area contributed by atoms with Crippen LogP contribution in [-0.2, 0) is 16.1 Å². The predicted octanol–water partition coefficient (Wildman–Crippen LogP) is 7.25. The summed E-state index contributed by atoms with van der Waals surface area (Å²) in [5, 5.41) is 19.3. The molecule has 0 radical (unpaired) electrons. The Labute approximate surface area is 248 Å². The number of hydrogen-bond donors (Lipinski definition) is 2. The number of fused-ring (bicyclic) bond motifs is 1. The van der Waals surface area contributed by atoms with Crippen molar-refractivity contribution in [2.24, 2.45) is 0 Å². The van der Waals surface area contributed by atoms with Crippen LogP contribution in [0.3, 0.4) is 0 Å². The quantitative estimate of drug-likeness (QED) is 0.103. The van der Waals surface area contributed by atoms with E-state index in [9.17, 15) is 19.7 Å². The summed E-state index contributed by atoms with van der Waals surface area (Å²) >= 11 is 1.53. The fourth-order valence-corrected chi connectivity index (χ4v) is 5.89. The number of rotatable bonds is 12. The Morgan fingerprint density at radius 2 is 1.86 bits per heavy atom. The molecule has 1 aliphatic heterocycles. The lowest BCUT2D eigenvalue weighted by molar-refractivity contribution is -0.383. The first-order valence-corrected chi connectivity index (χ1v) is 14.7. The number of benzene rings is 3. The number of hydrogen-bond acceptors (Lipinski definition) is 7. The van der Waals surface area contributed by atoms with Gasteiger partial charge in [-0.1, -0.05) is 43.2 Å². The standard InChI is InChI=1S/C32H32N4O5S/c1-41-24-16-13-22(14-17-24)21-35-27-9-6-5-8-25(27)34-32(38)29(35)10-3-2-4-12-31(37)33-26-20-23(30-11-7-19-42-30)15-18-28(26)36(39)40/h5-9,11,13-20,29H,2-4,10,12,21H2,1H3,(H,33,37)(H,34,38). The van der Waals surface area contributed by atoms with Gasteiger partial charge < -0.3 is 20.3 Å². The molecule has 1 aliphatic rings. The number of amides is 2. The molecule has 2 N–H and O–H groups in total. The monoisotopic (exact) mass is 584 g/mol. The molecule has 0 saturated carbocycles. The molecule has 10 heteroatoms. The molecule has 2 heterocycles. The highest BCUT2D eigenvalue weighted by Crippen LogP contribution is 2.35. The van der Waals surface area contributed by atoms with E-state index in [-0.39, 0.29) is 35.7 Å². The maximum Gasteiger partial charge on any atom is 0.292 e. The van der Waals surface area contributed by atoms with Gasteiger partial charge in [0.25, 0.3) is 5.69 Å². The first-order valence-electron chi connectivity index (χ1n) is 13.8. The molecule has 0 aliphatic carbocycles. The van der Waals surface area contributed by atoms with Crippen molar-refractivity contribution in [2.75, 3.05) is 22.6 Å². The molecule has 42 heavy (non-hydrogen) atoms. The van der Waals surface area contributed by atoms with E-state index in [2.05, 4.69) is 15.5 Å². The van der Waals surface area contributed by atoms with Gasteiger partial charge in [0.15, 0.2) is 0 Å². The molecule has 0 bridgehead atoms. The summed E-state index contributed by atoms with van der Waals surface area (Å²) in [7, 11) is 1.63. The number of unbranched alkanes of at least 4 members (excludes halogenated alkanes) is 2. The van der Waals surface area contributed by atoms with Gasteiger partial charge in [0.05, 0.1) is 23.4 Å². The number of para-hydroxylation sites is 2. The molecular formula is C32H32N4O5S. The number of nitrogens with zero attached hydrogens (tertiary/aromatic N) is 2. The van der Waals surface area contributed by atoms with Crippen molar-refractivity contribution in [3.63, 3.8) is 0 Å². The summed E-state index contributed by atoms with van der Waals surface area (Å²) in [6, 6.07) is 23.9. The smallest absolute Gasteiger partial charge is 0.292 e. The summed E-state index contributed by atoms with van der Waals surface area (Å²) in [4.78, 5) is 40.0. The summed E-state index contributed by atoms with van der Waals surface area (Å²) < 4.78 is 5.28. The van der Waals surface area contributed by atoms with E-state index < -0.39 is 4.92 Å². The number of nitro groups is 1. The van der Waals surface area contributed by atoms with Gasteiger partial charge in [-0.2, -0.15) is 0 Å². The number of nitro benzene ring substituents is 1. The van der Waals surface area contributed by atoms with Gasteiger partial charge in [-0.25, -0.2) is 0 Å². The van der Waals surface area contributed by atoms with Crippen molar-refractivity contribution in [1.29, 1.82) is 0 Å². The molecule has 0 fully saturated rings. The van der Waals surface area contributed by atoms with E-state index >= 15 is 0 Å². The van der Waals surface area contributed by atoms with Gasteiger partial charge in [0, 0.05) is 23.9 Å². The molecule has 1 aromatic heterocycles. The Balaban J connectivity index is 1.18. The van der Waals surface area contributed by atoms with Crippen LogP contribution in [0.25, 0.3) is 10.4 Å². The van der Waals surface area contributed by atoms with Crippen molar-refractivity contribution in [1.82, 2.24) is 0 Å². The molecular weight excluding hydrogens is 552 g/mol. The molecule has 2 amide bonds. The highest BCUT2D eigenvalue weighted by Gasteiger charge is 2.32. The molecule has 1 atom stereocenters. The SMILES string of the molecule is COc1ccc(CN2c3ccccc3NC(=O)C2CCCCCC(=O)Nc2cc(-c3cccs3)ccc2[N+](=O)[O-])cc1. The Kier molecular flexibility index (Phi) is 9.13. The zero-order valence-corrected chi connectivity index (χ0v) is 24.1. The average Bonchev–Trinajstić information content (AvgIpc) is 3.54. The van der Waals surface area contributed by atoms with Crippen LogP contribution in [0.15, 0.2) is 84.2 Å². The number of methoxy groups -OCH3 is 1. The summed E-state index contributed by atoms with van der Waals surface area (Å²) in [5.41, 5.74) is 3.72. The normalized spacial score (nSPS) is 14.2. The molecule has 0 spiro atoms. The Morgan fingerprint density at radius 1 is 1.05 bits per heavy atom. The topological polar surface area (TPSA) is 114 Å². The van der Waals surface area contributed by atoms with E-state index in [1.807, 2.05) is 66.0 Å². The zero-order chi connectivity index (χ0) is 29.5. The number of ether oxygens (including phenoxy) is 1. The minimum Gasteiger partial charge on any atom is -0.497 e. The van der Waals surface area contributed by atoms with Crippen molar-refractivity contribution >= 4 is 45.9 Å². The van der Waals surface area contributed by atoms with Gasteiger partial charge in [-0.15, -0.1) is 11.3 Å². The van der Waals surface area contributed by atoms with Crippen molar-refractivity contribution in [3.05, 3.63) is 99.9 Å². The van der Waals surface area contributed by atoms with Gasteiger partial charge in [-0.3, -0.25) is 19.7 Å². The highest BCUT2D eigenvalue weighted by molar-refractivity contribution is 7.13. The molecule has 9 nitrogen and oxygen atoms in total. The second kappa shape index (κ2) is 13.3. The molecule has 4 aromatic rings. The third-order valence-corrected chi connectivity index (χ3v) is 8.24. The van der Waals surface area contributed by atoms with Gasteiger partial charge >= 0.3 is 0 Å². The fourth-order valence-electron chi connectivity index (χ4n) is 5.17. The minimum atomic E-state index is -0.487. The third-order valence-electron chi connectivity index (χ3n) is 7.32. The molecule has 216 valence electrons. The molecule has 5 rings (SSSR count). The maximum absolute atomic E-state index is 13.1. The number of carbonyl (C=O) groups excluding carboxylic acids is 2. The lowest BCUT2D eigenvalue weighted by atomic mass is 10.00. The number of carbonyl (C=O) groups is 2. The fraction of sp³-hybridized carbons (Fsp3) is 0.250. The van der Waals surface area contributed by atoms with Crippen LogP contribution in [0, 0.1) is 10.1 Å². The Hall–Kier alpha value is -4.70. The predicted molar refractivity (Wildman–Crippen MR) is 166 cm³/mol. The van der Waals surface area contributed by atoms with Crippen LogP contribution in [0.5, 0.6) is 5.75 Å². The van der Waals surface area contributed by atoms with Crippen molar-refractivity contribution in [3.8, 4) is 16.2 Å². The highest BCUT2D eigenvalue weighted by atomic mass is 32.1. The van der Waals surface area contributed by atoms with Gasteiger partial charge in [-0.05, 0) is 71.8 Å². The van der Waals surface area contributed by atoms with Crippen LogP contribution >= 0.6 is 11.3 Å². The molecule has 3 aromatic carbocycles. The molecule has 1 unspecified atom stereocenters. The third kappa shape index (κ3) is 6.77. The second-order valence-electron chi connectivity index (χ2n) is 10.1. The maximum atomic E-state index is 13.1. The van der Waals surface area contributed by atoms with E-state index in [0.29, 0.717) is 19.4 Å². The Bertz CT molecular complexity index is 1560. The van der Waals surface area contributed by atoms with Crippen LogP contribution in [0.2, 0.25) is 0 Å². The van der Waals surface area contributed by atoms with Gasteiger partial charge in [0.1, 0.15) is 17.5 Å². The summed E-state index contributed by atoms with van der Waals surface area (Å²) in [5.74, 6) is 0.464. The zero-order valence-electron chi connectivity index (χ0n) is 23.2. The van der Waals surface area contributed by atoms with Crippen LogP contribution < -0.4 is 20.3 Å². The van der Waals surface area contributed by atoms with E-state index in [1.165, 1.54) is 17.4 Å². The lowest BCUT2D eigenvalue weighted by Gasteiger charge is -2.38. The average molecular weight is 585 g/mol. The number of anilines is 3. The number of nitrogens with one attached hydrogen (secondary N) is 2. The second-order valence-corrected chi connectivity index (χ2v) is 11.1. The lowest BCUT2D eigenvalue weighted by Crippen LogP contribution is -2.47. The van der Waals surface area contributed by atoms with Gasteiger partial charge in [0.2, 0.25) is 11.8 Å². The Morgan fingerprint density at radius 3 is 2.60 bits per heavy atom. The first kappa shape index (κ1) is 28.8. The minimum absolute atomic E-state index is 0.0436. The summed E-state index contributed by atoms with van der Waals surface area (Å²) in [6.07, 6.45) is 2.96. The van der Waals surface area contributed by atoms with Crippen LogP contribution in [0.4, 0.5) is 22.7 Å². The van der Waals surface area contributed by atoms with E-state index in [1.54, 1.807) is 19.2 Å². The van der Waals surface area contributed by atoms with Crippen molar-refractivity contribution in [2.45, 2.75) is 44.7 Å². The number of thiophene rings is 1.